The molecule has 17 heteroatoms. The molecule has 4 heterocycles. The van der Waals surface area contributed by atoms with Gasteiger partial charge in [0, 0.05) is 47.7 Å². The molecule has 0 fully saturated rings. The van der Waals surface area contributed by atoms with Crippen molar-refractivity contribution < 1.29 is 33.6 Å². The summed E-state index contributed by atoms with van der Waals surface area (Å²) < 4.78 is 23.6. The first-order valence-electron chi connectivity index (χ1n) is 20.4. The van der Waals surface area contributed by atoms with Gasteiger partial charge in [-0.3, -0.25) is 4.79 Å². The number of thiazole rings is 2. The van der Waals surface area contributed by atoms with Crippen LogP contribution in [0.5, 0.6) is 23.3 Å². The fraction of sp³-hybridized carbons (Fsp3) is 0.208. The fourth-order valence-corrected chi connectivity index (χ4v) is 7.98. The number of fused-ring (bicyclic) bond motifs is 2. The van der Waals surface area contributed by atoms with Gasteiger partial charge in [-0.25, -0.2) is 24.7 Å². The van der Waals surface area contributed by atoms with Crippen LogP contribution in [-0.4, -0.2) is 63.3 Å². The molecule has 0 spiro atoms. The minimum Gasteiger partial charge on any atom is -0.491 e. The van der Waals surface area contributed by atoms with E-state index in [0.29, 0.717) is 34.5 Å². The van der Waals surface area contributed by atoms with Crippen molar-refractivity contribution in [2.45, 2.75) is 53.0 Å². The number of ether oxygens (including phenoxy) is 4. The van der Waals surface area contributed by atoms with E-state index in [9.17, 15) is 14.7 Å². The summed E-state index contributed by atoms with van der Waals surface area (Å²) in [5.41, 5.74) is 24.3. The predicted octanol–water partition coefficient (Wildman–Crippen LogP) is 9.25. The quantitative estimate of drug-likeness (QED) is 0.0726. The number of benzene rings is 4. The summed E-state index contributed by atoms with van der Waals surface area (Å²) in [6.07, 6.45) is 3.51. The number of nitrogens with two attached hydrogens (primary N) is 3. The Bertz CT molecular complexity index is 2920. The van der Waals surface area contributed by atoms with E-state index < -0.39 is 5.97 Å². The number of nitrogens with zero attached hydrogens (tertiary/aromatic N) is 4. The van der Waals surface area contributed by atoms with Gasteiger partial charge in [-0.15, -0.1) is 0 Å². The molecule has 0 saturated carbocycles. The number of para-hydroxylation sites is 2. The Labute approximate surface area is 384 Å². The van der Waals surface area contributed by atoms with Gasteiger partial charge in [-0.2, -0.15) is 0 Å². The Balaban J connectivity index is 0.000000181. The van der Waals surface area contributed by atoms with Gasteiger partial charge >= 0.3 is 5.97 Å². The molecular weight excluding hydrogens is 865 g/mol. The van der Waals surface area contributed by atoms with E-state index in [1.54, 1.807) is 24.5 Å². The molecule has 4 aromatic heterocycles. The fourth-order valence-electron chi connectivity index (χ4n) is 6.44. The topological polar surface area (TPSA) is 233 Å². The summed E-state index contributed by atoms with van der Waals surface area (Å²) in [6.45, 7) is 8.80. The van der Waals surface area contributed by atoms with Crippen molar-refractivity contribution in [1.82, 2.24) is 25.3 Å². The summed E-state index contributed by atoms with van der Waals surface area (Å²) >= 11 is 2.81. The van der Waals surface area contributed by atoms with E-state index in [1.807, 2.05) is 113 Å². The monoisotopic (exact) mass is 914 g/mol. The molecular formula is C48H50N8O7S2. The Morgan fingerprint density at radius 3 is 1.58 bits per heavy atom. The number of pyridine rings is 2. The molecule has 0 saturated heterocycles. The van der Waals surface area contributed by atoms with Crippen LogP contribution < -0.4 is 41.5 Å². The molecule has 1 amide bonds. The Morgan fingerprint density at radius 2 is 1.11 bits per heavy atom. The first kappa shape index (κ1) is 47.1. The number of nitrogens with one attached hydrogen (secondary N) is 1. The molecule has 4 aromatic carbocycles. The molecule has 0 bridgehead atoms. The largest absolute Gasteiger partial charge is 0.491 e. The van der Waals surface area contributed by atoms with E-state index in [0.717, 1.165) is 59.7 Å². The summed E-state index contributed by atoms with van der Waals surface area (Å²) in [5.74, 6) is 0.646. The Hall–Kier alpha value is -7.34. The second-order valence-corrected chi connectivity index (χ2v) is 16.9. The third-order valence-electron chi connectivity index (χ3n) is 9.37. The second-order valence-electron chi connectivity index (χ2n) is 14.8. The number of hydrogen-bond acceptors (Lipinski definition) is 15. The van der Waals surface area contributed by atoms with Crippen LogP contribution in [0.25, 0.3) is 42.7 Å². The number of rotatable bonds is 13. The zero-order valence-corrected chi connectivity index (χ0v) is 38.3. The molecule has 65 heavy (non-hydrogen) atoms. The van der Waals surface area contributed by atoms with Crippen molar-refractivity contribution in [2.24, 2.45) is 5.73 Å². The van der Waals surface area contributed by atoms with Crippen LogP contribution in [0.3, 0.4) is 0 Å². The third kappa shape index (κ3) is 12.2. The first-order valence-corrected chi connectivity index (χ1v) is 22.0. The number of hydrogen-bond donors (Lipinski definition) is 5. The number of carbonyl (C=O) groups is 2. The highest BCUT2D eigenvalue weighted by molar-refractivity contribution is 7.22. The zero-order chi connectivity index (χ0) is 46.6. The maximum Gasteiger partial charge on any atom is 0.341 e. The number of carboxylic acid groups (broad SMARTS) is 1. The number of carbonyl (C=O) groups excluding carboxylic acids is 1. The summed E-state index contributed by atoms with van der Waals surface area (Å²) in [5, 5.41) is 13.2. The average Bonchev–Trinajstić information content (AvgIpc) is 3.87. The summed E-state index contributed by atoms with van der Waals surface area (Å²) in [4.78, 5) is 41.1. The van der Waals surface area contributed by atoms with E-state index in [4.69, 9.17) is 36.1 Å². The van der Waals surface area contributed by atoms with Crippen LogP contribution in [-0.2, 0) is 13.1 Å². The maximum atomic E-state index is 13.0. The van der Waals surface area contributed by atoms with Gasteiger partial charge in [0.25, 0.3) is 5.91 Å². The molecule has 15 nitrogen and oxygen atoms in total. The molecule has 336 valence electrons. The Kier molecular flexibility index (Phi) is 15.8. The number of methoxy groups -OCH3 is 2. The molecule has 8 aromatic rings. The van der Waals surface area contributed by atoms with Crippen molar-refractivity contribution in [3.63, 3.8) is 0 Å². The molecule has 8 N–H and O–H groups in total. The van der Waals surface area contributed by atoms with Crippen LogP contribution in [0.1, 0.15) is 59.5 Å². The van der Waals surface area contributed by atoms with Crippen molar-refractivity contribution in [2.75, 3.05) is 25.7 Å². The lowest BCUT2D eigenvalue weighted by atomic mass is 10.1. The van der Waals surface area contributed by atoms with Crippen LogP contribution in [0.15, 0.2) is 109 Å². The van der Waals surface area contributed by atoms with Gasteiger partial charge in [0.1, 0.15) is 22.6 Å². The number of anilines is 2. The maximum absolute atomic E-state index is 13.0. The van der Waals surface area contributed by atoms with Gasteiger partial charge in [0.05, 0.1) is 46.9 Å². The smallest absolute Gasteiger partial charge is 0.341 e. The number of aromatic carboxylic acids is 1. The van der Waals surface area contributed by atoms with Crippen molar-refractivity contribution in [3.05, 3.63) is 132 Å². The average molecular weight is 915 g/mol. The second kappa shape index (κ2) is 21.8. The minimum absolute atomic E-state index is 0.0268. The SMILES string of the molecule is CC(C)Oc1ccccc1CN.COc1ncc(-c2ccc3nc(N)sc3c2)cc1C(=O)NCc1ccccc1OC(C)C.COc1ncc(-c2ccc3nc(N)sc3c2)cc1C(=O)O. The van der Waals surface area contributed by atoms with E-state index in [1.165, 1.54) is 36.9 Å². The highest BCUT2D eigenvalue weighted by Gasteiger charge is 2.18. The van der Waals surface area contributed by atoms with Crippen LogP contribution in [0, 0.1) is 0 Å². The van der Waals surface area contributed by atoms with Gasteiger partial charge in [-0.1, -0.05) is 71.2 Å². The molecule has 0 aliphatic heterocycles. The summed E-state index contributed by atoms with van der Waals surface area (Å²) in [7, 11) is 2.89. The first-order chi connectivity index (χ1) is 31.3. The van der Waals surface area contributed by atoms with Crippen LogP contribution in [0.4, 0.5) is 10.3 Å². The number of amides is 1. The number of carboxylic acids is 1. The molecule has 0 aliphatic rings. The molecule has 8 rings (SSSR count). The van der Waals surface area contributed by atoms with Crippen molar-refractivity contribution in [1.29, 1.82) is 0 Å². The van der Waals surface area contributed by atoms with E-state index in [2.05, 4.69) is 25.3 Å². The molecule has 0 aliphatic carbocycles. The standard InChI is InChI=1S/C24H24N4O3S.C14H11N3O3S.C10H15NO/c1-14(2)31-20-7-5-4-6-16(20)12-26-22(29)18-10-17(13-27-23(18)30-3)15-8-9-19-21(11-15)32-24(25)28-19;1-20-12-9(13(18)19)4-8(6-16-12)7-2-3-10-11(5-7)21-14(15)17-10;1-8(2)12-10-6-4-3-5-9(10)7-11/h4-11,13-14H,12H2,1-3H3,(H2,25,28)(H,26,29);2-6H,1H3,(H2,15,17)(H,18,19);3-6,8H,7,11H2,1-2H3. The van der Waals surface area contributed by atoms with E-state index in [-0.39, 0.29) is 35.4 Å². The molecule has 0 atom stereocenters. The highest BCUT2D eigenvalue weighted by Crippen LogP contribution is 2.32. The number of aromatic nitrogens is 4. The van der Waals surface area contributed by atoms with Gasteiger partial charge in [0.15, 0.2) is 10.3 Å². The summed E-state index contributed by atoms with van der Waals surface area (Å²) in [6, 6.07) is 30.3. The highest BCUT2D eigenvalue weighted by atomic mass is 32.1. The lowest BCUT2D eigenvalue weighted by Gasteiger charge is -2.15. The van der Waals surface area contributed by atoms with Crippen LogP contribution >= 0.6 is 22.7 Å². The number of nitrogen functional groups attached to an aromatic ring is 2. The molecule has 0 radical (unpaired) electrons. The van der Waals surface area contributed by atoms with Crippen molar-refractivity contribution >= 4 is 65.2 Å². The zero-order valence-electron chi connectivity index (χ0n) is 36.7. The lowest BCUT2D eigenvalue weighted by Crippen LogP contribution is -2.24. The lowest BCUT2D eigenvalue weighted by molar-refractivity contribution is 0.0692. The molecule has 0 unspecified atom stereocenters. The van der Waals surface area contributed by atoms with Gasteiger partial charge < -0.3 is 46.6 Å². The van der Waals surface area contributed by atoms with Crippen LogP contribution in [0.2, 0.25) is 0 Å². The predicted molar refractivity (Wildman–Crippen MR) is 258 cm³/mol. The van der Waals surface area contributed by atoms with E-state index >= 15 is 0 Å². The van der Waals surface area contributed by atoms with Crippen molar-refractivity contribution in [3.8, 4) is 45.5 Å². The Morgan fingerprint density at radius 1 is 0.646 bits per heavy atom. The third-order valence-corrected chi connectivity index (χ3v) is 11.1. The minimum atomic E-state index is -1.08. The van der Waals surface area contributed by atoms with Gasteiger partial charge in [0.2, 0.25) is 11.8 Å². The van der Waals surface area contributed by atoms with Gasteiger partial charge in [-0.05, 0) is 87.4 Å². The normalized spacial score (nSPS) is 10.8.